The van der Waals surface area contributed by atoms with Crippen LogP contribution in [0, 0.1) is 0 Å². The molecule has 0 aliphatic heterocycles. The van der Waals surface area contributed by atoms with E-state index in [1.54, 1.807) is 12.1 Å². The van der Waals surface area contributed by atoms with Crippen molar-refractivity contribution in [3.05, 3.63) is 83.9 Å². The summed E-state index contributed by atoms with van der Waals surface area (Å²) in [5, 5.41) is 9.25. The summed E-state index contributed by atoms with van der Waals surface area (Å²) in [6.45, 7) is 0. The topological polar surface area (TPSA) is 80.7 Å². The van der Waals surface area contributed by atoms with Crippen molar-refractivity contribution in [1.29, 1.82) is 0 Å². The Balaban J connectivity index is 2.41. The van der Waals surface area contributed by atoms with Crippen LogP contribution >= 0.6 is 0 Å². The van der Waals surface area contributed by atoms with Gasteiger partial charge in [0.2, 0.25) is 4.90 Å². The largest absolute Gasteiger partial charge is 0.534 e. The Morgan fingerprint density at radius 2 is 1.29 bits per heavy atom. The minimum absolute atomic E-state index is 0.148. The molecule has 0 radical (unpaired) electrons. The third-order valence-electron chi connectivity index (χ3n) is 4.28. The van der Waals surface area contributed by atoms with Crippen LogP contribution in [0.2, 0.25) is 0 Å². The SMILES string of the molecule is O=C(O)c1cc(OS(=O)(=O)C(F)(F)F)c([S+](c2ccccc2)c2ccccc2)cc1C(F)(F)F. The number of hydrogen-bond donors (Lipinski definition) is 1. The number of carboxylic acids is 1. The second-order valence-corrected chi connectivity index (χ2v) is 10.1. The molecule has 0 aromatic heterocycles. The van der Waals surface area contributed by atoms with Crippen LogP contribution in [-0.4, -0.2) is 25.0 Å². The van der Waals surface area contributed by atoms with Gasteiger partial charge < -0.3 is 9.29 Å². The standard InChI is InChI=1S/C21H12F6O5S2/c22-20(23,24)16-12-18(17(11-15(16)19(28)29)32-34(30,31)21(25,26)27)33(13-7-3-1-4-8-13)14-9-5-2-6-10-14/h1-12H/p+1. The van der Waals surface area contributed by atoms with Crippen LogP contribution in [-0.2, 0) is 27.2 Å². The molecule has 0 bridgehead atoms. The summed E-state index contributed by atoms with van der Waals surface area (Å²) < 4.78 is 108. The van der Waals surface area contributed by atoms with Crippen molar-refractivity contribution >= 4 is 27.0 Å². The smallest absolute Gasteiger partial charge is 0.478 e. The number of halogens is 6. The molecule has 5 nitrogen and oxygen atoms in total. The monoisotopic (exact) mass is 523 g/mol. The van der Waals surface area contributed by atoms with Crippen molar-refractivity contribution < 1.29 is 48.8 Å². The van der Waals surface area contributed by atoms with E-state index in [2.05, 4.69) is 4.18 Å². The fraction of sp³-hybridized carbons (Fsp3) is 0.0952. The highest BCUT2D eigenvalue weighted by atomic mass is 32.2. The van der Waals surface area contributed by atoms with Crippen LogP contribution in [0.1, 0.15) is 15.9 Å². The summed E-state index contributed by atoms with van der Waals surface area (Å²) >= 11 is 0. The van der Waals surface area contributed by atoms with E-state index in [9.17, 15) is 44.7 Å². The Morgan fingerprint density at radius 1 is 0.824 bits per heavy atom. The van der Waals surface area contributed by atoms with Gasteiger partial charge in [-0.15, -0.1) is 0 Å². The minimum Gasteiger partial charge on any atom is -0.478 e. The summed E-state index contributed by atoms with van der Waals surface area (Å²) in [5.41, 5.74) is -9.04. The summed E-state index contributed by atoms with van der Waals surface area (Å²) in [6, 6.07) is 15.7. The molecular formula is C21H13F6O5S2+. The highest BCUT2D eigenvalue weighted by molar-refractivity contribution is 7.97. The molecule has 0 fully saturated rings. The fourth-order valence-corrected chi connectivity index (χ4v) is 5.56. The van der Waals surface area contributed by atoms with Gasteiger partial charge in [0.05, 0.1) is 11.1 Å². The van der Waals surface area contributed by atoms with Crippen LogP contribution in [0.3, 0.4) is 0 Å². The van der Waals surface area contributed by atoms with Crippen molar-refractivity contribution in [1.82, 2.24) is 0 Å². The molecular weight excluding hydrogens is 510 g/mol. The van der Waals surface area contributed by atoms with Gasteiger partial charge >= 0.3 is 27.8 Å². The van der Waals surface area contributed by atoms with Crippen molar-refractivity contribution in [2.45, 2.75) is 26.4 Å². The predicted octanol–water partition coefficient (Wildman–Crippen LogP) is 5.73. The second kappa shape index (κ2) is 9.22. The van der Waals surface area contributed by atoms with Crippen molar-refractivity contribution in [2.24, 2.45) is 0 Å². The average molecular weight is 523 g/mol. The number of carboxylic acid groups (broad SMARTS) is 1. The lowest BCUT2D eigenvalue weighted by Gasteiger charge is -2.17. The van der Waals surface area contributed by atoms with E-state index in [0.717, 1.165) is 0 Å². The molecule has 0 atom stereocenters. The van der Waals surface area contributed by atoms with Gasteiger partial charge in [-0.3, -0.25) is 0 Å². The van der Waals surface area contributed by atoms with Gasteiger partial charge in [0.25, 0.3) is 0 Å². The molecule has 13 heteroatoms. The normalized spacial score (nSPS) is 12.6. The summed E-state index contributed by atoms with van der Waals surface area (Å²) in [6.07, 6.45) is -5.22. The molecule has 180 valence electrons. The predicted molar refractivity (Wildman–Crippen MR) is 109 cm³/mol. The first kappa shape index (κ1) is 25.4. The number of hydrogen-bond acceptors (Lipinski definition) is 4. The molecule has 3 aromatic carbocycles. The lowest BCUT2D eigenvalue weighted by molar-refractivity contribution is -0.138. The first-order chi connectivity index (χ1) is 15.7. The maximum Gasteiger partial charge on any atom is 0.534 e. The van der Waals surface area contributed by atoms with Crippen LogP contribution in [0.15, 0.2) is 87.5 Å². The molecule has 3 rings (SSSR count). The zero-order valence-corrected chi connectivity index (χ0v) is 18.2. The minimum atomic E-state index is -6.33. The van der Waals surface area contributed by atoms with Crippen LogP contribution < -0.4 is 4.18 Å². The molecule has 0 saturated heterocycles. The molecule has 34 heavy (non-hydrogen) atoms. The van der Waals surface area contributed by atoms with E-state index in [1.807, 2.05) is 0 Å². The lowest BCUT2D eigenvalue weighted by Crippen LogP contribution is -2.29. The molecule has 0 aliphatic rings. The highest BCUT2D eigenvalue weighted by Gasteiger charge is 2.50. The van der Waals surface area contributed by atoms with Crippen molar-refractivity contribution in [3.63, 3.8) is 0 Å². The third-order valence-corrected chi connectivity index (χ3v) is 7.49. The first-order valence-electron chi connectivity index (χ1n) is 9.06. The number of aromatic carboxylic acids is 1. The highest BCUT2D eigenvalue weighted by Crippen LogP contribution is 2.43. The average Bonchev–Trinajstić information content (AvgIpc) is 2.74. The van der Waals surface area contributed by atoms with E-state index in [0.29, 0.717) is 15.9 Å². The van der Waals surface area contributed by atoms with Gasteiger partial charge in [-0.1, -0.05) is 36.4 Å². The lowest BCUT2D eigenvalue weighted by atomic mass is 10.1. The van der Waals surface area contributed by atoms with E-state index < -0.39 is 60.4 Å². The maximum absolute atomic E-state index is 13.7. The first-order valence-corrected chi connectivity index (χ1v) is 11.7. The summed E-state index contributed by atoms with van der Waals surface area (Å²) in [5.74, 6) is -3.31. The number of benzene rings is 3. The number of rotatable bonds is 6. The molecule has 3 aromatic rings. The molecule has 0 amide bonds. The molecule has 0 spiro atoms. The van der Waals surface area contributed by atoms with Gasteiger partial charge in [-0.2, -0.15) is 34.8 Å². The van der Waals surface area contributed by atoms with Gasteiger partial charge in [0, 0.05) is 12.1 Å². The number of carbonyl (C=O) groups is 1. The maximum atomic E-state index is 13.7. The van der Waals surface area contributed by atoms with Crippen LogP contribution in [0.25, 0.3) is 0 Å². The Kier molecular flexibility index (Phi) is 6.90. The molecule has 0 heterocycles. The number of alkyl halides is 6. The Hall–Kier alpha value is -3.19. The van der Waals surface area contributed by atoms with E-state index in [1.165, 1.54) is 48.5 Å². The molecule has 0 unspecified atom stereocenters. The Bertz CT molecular complexity index is 1250. The van der Waals surface area contributed by atoms with E-state index in [4.69, 9.17) is 0 Å². The molecule has 0 aliphatic carbocycles. The van der Waals surface area contributed by atoms with Gasteiger partial charge in [-0.05, 0) is 24.3 Å². The summed E-state index contributed by atoms with van der Waals surface area (Å²) in [7, 11) is -7.94. The molecule has 1 N–H and O–H groups in total. The third kappa shape index (κ3) is 5.30. The van der Waals surface area contributed by atoms with E-state index in [-0.39, 0.29) is 6.07 Å². The van der Waals surface area contributed by atoms with Crippen molar-refractivity contribution in [3.8, 4) is 5.75 Å². The second-order valence-electron chi connectivity index (χ2n) is 6.56. The van der Waals surface area contributed by atoms with Gasteiger partial charge in [0.15, 0.2) is 15.5 Å². The Morgan fingerprint density at radius 3 is 1.68 bits per heavy atom. The van der Waals surface area contributed by atoms with Crippen LogP contribution in [0.4, 0.5) is 26.3 Å². The fourth-order valence-electron chi connectivity index (χ4n) is 2.86. The summed E-state index contributed by atoms with van der Waals surface area (Å²) in [4.78, 5) is 11.5. The van der Waals surface area contributed by atoms with E-state index >= 15 is 0 Å². The van der Waals surface area contributed by atoms with Crippen molar-refractivity contribution in [2.75, 3.05) is 0 Å². The van der Waals surface area contributed by atoms with Gasteiger partial charge in [-0.25, -0.2) is 4.79 Å². The Labute approximate surface area is 192 Å². The van der Waals surface area contributed by atoms with Gasteiger partial charge in [0.1, 0.15) is 10.9 Å². The quantitative estimate of drug-likeness (QED) is 0.193. The zero-order valence-electron chi connectivity index (χ0n) is 16.6. The zero-order chi connectivity index (χ0) is 25.3. The molecule has 0 saturated carbocycles. The van der Waals surface area contributed by atoms with Crippen LogP contribution in [0.5, 0.6) is 5.75 Å².